The lowest BCUT2D eigenvalue weighted by Gasteiger charge is -2.08. The quantitative estimate of drug-likeness (QED) is 0.582. The molecule has 100 valence electrons. The summed E-state index contributed by atoms with van der Waals surface area (Å²) in [5, 5.41) is 2.96. The lowest BCUT2D eigenvalue weighted by molar-refractivity contribution is 1.17. The number of aromatic nitrogens is 1. The van der Waals surface area contributed by atoms with Gasteiger partial charge in [0.15, 0.2) is 0 Å². The molecular formula is C16H10Cl3N. The molecule has 0 aliphatic rings. The third kappa shape index (κ3) is 2.76. The van der Waals surface area contributed by atoms with Crippen LogP contribution in [0.25, 0.3) is 10.9 Å². The summed E-state index contributed by atoms with van der Waals surface area (Å²) < 4.78 is 0. The van der Waals surface area contributed by atoms with Crippen molar-refractivity contribution in [2.45, 2.75) is 6.42 Å². The lowest BCUT2D eigenvalue weighted by atomic mass is 10.0. The molecule has 0 aliphatic heterocycles. The maximum Gasteiger partial charge on any atom is 0.0718 e. The van der Waals surface area contributed by atoms with Crippen molar-refractivity contribution in [2.24, 2.45) is 0 Å². The highest BCUT2D eigenvalue weighted by Crippen LogP contribution is 2.29. The molecule has 0 saturated carbocycles. The van der Waals surface area contributed by atoms with Crippen LogP contribution in [0, 0.1) is 0 Å². The molecule has 1 aromatic heterocycles. The summed E-state index contributed by atoms with van der Waals surface area (Å²) >= 11 is 18.4. The van der Waals surface area contributed by atoms with E-state index in [-0.39, 0.29) is 0 Å². The van der Waals surface area contributed by atoms with E-state index in [1.807, 2.05) is 48.7 Å². The van der Waals surface area contributed by atoms with Crippen molar-refractivity contribution in [3.63, 3.8) is 0 Å². The number of hydrogen-bond acceptors (Lipinski definition) is 1. The molecule has 4 heteroatoms. The molecule has 0 amide bonds. The molecule has 1 heterocycles. The Morgan fingerprint density at radius 2 is 1.55 bits per heavy atom. The molecule has 1 nitrogen and oxygen atoms in total. The van der Waals surface area contributed by atoms with E-state index in [9.17, 15) is 0 Å². The zero-order valence-corrected chi connectivity index (χ0v) is 12.7. The second-order valence-electron chi connectivity index (χ2n) is 4.56. The molecule has 0 saturated heterocycles. The smallest absolute Gasteiger partial charge is 0.0718 e. The van der Waals surface area contributed by atoms with Gasteiger partial charge in [0.2, 0.25) is 0 Å². The number of rotatable bonds is 2. The van der Waals surface area contributed by atoms with Gasteiger partial charge in [0, 0.05) is 28.0 Å². The average Bonchev–Trinajstić information content (AvgIpc) is 2.45. The SMILES string of the molecule is Clc1ccc(Cc2cnc3ccc(Cl)cc3c2Cl)cc1. The molecule has 0 radical (unpaired) electrons. The van der Waals surface area contributed by atoms with Crippen molar-refractivity contribution in [3.05, 3.63) is 74.9 Å². The van der Waals surface area contributed by atoms with Crippen LogP contribution in [0.3, 0.4) is 0 Å². The predicted molar refractivity (Wildman–Crippen MR) is 86.0 cm³/mol. The zero-order chi connectivity index (χ0) is 14.1. The standard InChI is InChI=1S/C16H10Cl3N/c17-12-3-1-10(2-4-12)7-11-9-20-15-6-5-13(18)8-14(15)16(11)19/h1-6,8-9H,7H2. The molecule has 2 aromatic carbocycles. The van der Waals surface area contributed by atoms with Gasteiger partial charge in [-0.3, -0.25) is 4.98 Å². The van der Waals surface area contributed by atoms with Crippen LogP contribution < -0.4 is 0 Å². The van der Waals surface area contributed by atoms with Gasteiger partial charge >= 0.3 is 0 Å². The Labute approximate surface area is 132 Å². The monoisotopic (exact) mass is 321 g/mol. The van der Waals surface area contributed by atoms with Crippen LogP contribution in [0.15, 0.2) is 48.7 Å². The van der Waals surface area contributed by atoms with Gasteiger partial charge in [-0.2, -0.15) is 0 Å². The van der Waals surface area contributed by atoms with E-state index in [1.54, 1.807) is 0 Å². The molecule has 0 bridgehead atoms. The van der Waals surface area contributed by atoms with Crippen LogP contribution in [0.5, 0.6) is 0 Å². The third-order valence-corrected chi connectivity index (χ3v) is 4.08. The molecule has 0 atom stereocenters. The van der Waals surface area contributed by atoms with Crippen molar-refractivity contribution >= 4 is 45.7 Å². The summed E-state index contributed by atoms with van der Waals surface area (Å²) in [5.74, 6) is 0. The van der Waals surface area contributed by atoms with Gasteiger partial charge in [-0.15, -0.1) is 0 Å². The first-order valence-corrected chi connectivity index (χ1v) is 7.24. The van der Waals surface area contributed by atoms with Crippen LogP contribution in [0.2, 0.25) is 15.1 Å². The maximum atomic E-state index is 6.47. The van der Waals surface area contributed by atoms with E-state index in [0.29, 0.717) is 16.5 Å². The van der Waals surface area contributed by atoms with Crippen molar-refractivity contribution < 1.29 is 0 Å². The fourth-order valence-electron chi connectivity index (χ4n) is 2.12. The van der Waals surface area contributed by atoms with Crippen molar-refractivity contribution in [3.8, 4) is 0 Å². The topological polar surface area (TPSA) is 12.9 Å². The Bertz CT molecular complexity index is 767. The Hall–Kier alpha value is -1.28. The largest absolute Gasteiger partial charge is 0.256 e. The molecule has 0 aliphatic carbocycles. The first-order valence-electron chi connectivity index (χ1n) is 6.10. The second-order valence-corrected chi connectivity index (χ2v) is 5.81. The lowest BCUT2D eigenvalue weighted by Crippen LogP contribution is -1.92. The fraction of sp³-hybridized carbons (Fsp3) is 0.0625. The number of nitrogens with zero attached hydrogens (tertiary/aromatic N) is 1. The van der Waals surface area contributed by atoms with E-state index >= 15 is 0 Å². The van der Waals surface area contributed by atoms with Gasteiger partial charge in [-0.1, -0.05) is 46.9 Å². The van der Waals surface area contributed by atoms with Crippen molar-refractivity contribution in [1.29, 1.82) is 0 Å². The van der Waals surface area contributed by atoms with Crippen molar-refractivity contribution in [1.82, 2.24) is 4.98 Å². The molecule has 0 spiro atoms. The number of halogens is 3. The number of benzene rings is 2. The van der Waals surface area contributed by atoms with Gasteiger partial charge in [0.1, 0.15) is 0 Å². The normalized spacial score (nSPS) is 10.9. The van der Waals surface area contributed by atoms with Gasteiger partial charge in [-0.05, 0) is 41.5 Å². The Morgan fingerprint density at radius 3 is 2.30 bits per heavy atom. The first-order chi connectivity index (χ1) is 9.63. The summed E-state index contributed by atoms with van der Waals surface area (Å²) in [6, 6.07) is 13.2. The Balaban J connectivity index is 2.03. The molecule has 3 rings (SSSR count). The third-order valence-electron chi connectivity index (χ3n) is 3.14. The van der Waals surface area contributed by atoms with E-state index in [4.69, 9.17) is 34.8 Å². The van der Waals surface area contributed by atoms with Gasteiger partial charge in [0.05, 0.1) is 10.5 Å². The van der Waals surface area contributed by atoms with Gasteiger partial charge in [-0.25, -0.2) is 0 Å². The highest BCUT2D eigenvalue weighted by atomic mass is 35.5. The summed E-state index contributed by atoms with van der Waals surface area (Å²) in [4.78, 5) is 4.43. The van der Waals surface area contributed by atoms with E-state index < -0.39 is 0 Å². The summed E-state index contributed by atoms with van der Waals surface area (Å²) in [7, 11) is 0. The van der Waals surface area contributed by atoms with Gasteiger partial charge in [0.25, 0.3) is 0 Å². The van der Waals surface area contributed by atoms with Crippen LogP contribution >= 0.6 is 34.8 Å². The first kappa shape index (κ1) is 13.7. The molecule has 3 aromatic rings. The van der Waals surface area contributed by atoms with Crippen LogP contribution in [0.4, 0.5) is 0 Å². The minimum absolute atomic E-state index is 0.657. The van der Waals surface area contributed by atoms with E-state index in [1.165, 1.54) is 0 Å². The summed E-state index contributed by atoms with van der Waals surface area (Å²) in [6.07, 6.45) is 2.53. The van der Waals surface area contributed by atoms with E-state index in [0.717, 1.165) is 27.1 Å². The maximum absolute atomic E-state index is 6.47. The van der Waals surface area contributed by atoms with Crippen LogP contribution in [-0.4, -0.2) is 4.98 Å². The fourth-order valence-corrected chi connectivity index (χ4v) is 2.68. The predicted octanol–water partition coefficient (Wildman–Crippen LogP) is 5.79. The molecule has 0 fully saturated rings. The Kier molecular flexibility index (Phi) is 3.84. The molecule has 20 heavy (non-hydrogen) atoms. The molecule has 0 N–H and O–H groups in total. The van der Waals surface area contributed by atoms with Crippen molar-refractivity contribution in [2.75, 3.05) is 0 Å². The molecular weight excluding hydrogens is 313 g/mol. The second kappa shape index (κ2) is 5.61. The average molecular weight is 323 g/mol. The number of fused-ring (bicyclic) bond motifs is 1. The Morgan fingerprint density at radius 1 is 0.850 bits per heavy atom. The molecule has 0 unspecified atom stereocenters. The highest BCUT2D eigenvalue weighted by molar-refractivity contribution is 6.37. The number of pyridine rings is 1. The summed E-state index contributed by atoms with van der Waals surface area (Å²) in [6.45, 7) is 0. The van der Waals surface area contributed by atoms with Crippen LogP contribution in [0.1, 0.15) is 11.1 Å². The number of hydrogen-bond donors (Lipinski definition) is 0. The zero-order valence-electron chi connectivity index (χ0n) is 10.4. The highest BCUT2D eigenvalue weighted by Gasteiger charge is 2.08. The van der Waals surface area contributed by atoms with E-state index in [2.05, 4.69) is 4.98 Å². The van der Waals surface area contributed by atoms with Gasteiger partial charge < -0.3 is 0 Å². The van der Waals surface area contributed by atoms with Crippen LogP contribution in [-0.2, 0) is 6.42 Å². The minimum Gasteiger partial charge on any atom is -0.256 e. The minimum atomic E-state index is 0.657. The summed E-state index contributed by atoms with van der Waals surface area (Å²) in [5.41, 5.74) is 2.96.